The average Bonchev–Trinajstić information content (AvgIpc) is 2.40. The predicted octanol–water partition coefficient (Wildman–Crippen LogP) is 2.28. The Bertz CT molecular complexity index is 302. The monoisotopic (exact) mass is 253 g/mol. The number of aliphatic carboxylic acids is 1. The average molecular weight is 253 g/mol. The topological polar surface area (TPSA) is 57.6 Å². The molecule has 1 aliphatic carbocycles. The molecule has 1 aliphatic heterocycles. The third-order valence-electron chi connectivity index (χ3n) is 4.38. The Kier molecular flexibility index (Phi) is 4.61. The fourth-order valence-electron chi connectivity index (χ4n) is 3.14. The van der Waals surface area contributed by atoms with E-state index in [1.165, 1.54) is 32.1 Å². The number of carboxylic acids is 1. The zero-order valence-corrected chi connectivity index (χ0v) is 10.9. The van der Waals surface area contributed by atoms with Crippen molar-refractivity contribution >= 4 is 11.9 Å². The molecule has 1 heterocycles. The fourth-order valence-corrected chi connectivity index (χ4v) is 3.14. The van der Waals surface area contributed by atoms with Gasteiger partial charge < -0.3 is 10.0 Å². The molecular weight excluding hydrogens is 230 g/mol. The van der Waals surface area contributed by atoms with Crippen LogP contribution in [0.15, 0.2) is 0 Å². The molecule has 102 valence electrons. The van der Waals surface area contributed by atoms with Crippen LogP contribution in [-0.2, 0) is 9.59 Å². The van der Waals surface area contributed by atoms with Gasteiger partial charge in [-0.3, -0.25) is 9.59 Å². The summed E-state index contributed by atoms with van der Waals surface area (Å²) < 4.78 is 0. The molecule has 1 amide bonds. The highest BCUT2D eigenvalue weighted by Crippen LogP contribution is 2.27. The van der Waals surface area contributed by atoms with Crippen LogP contribution in [0.3, 0.4) is 0 Å². The van der Waals surface area contributed by atoms with Crippen LogP contribution in [-0.4, -0.2) is 35.0 Å². The lowest BCUT2D eigenvalue weighted by atomic mass is 9.86. The minimum atomic E-state index is -0.714. The smallest absolute Gasteiger partial charge is 0.306 e. The minimum Gasteiger partial charge on any atom is -0.481 e. The van der Waals surface area contributed by atoms with Crippen molar-refractivity contribution in [1.29, 1.82) is 0 Å². The van der Waals surface area contributed by atoms with Gasteiger partial charge in [0.1, 0.15) is 0 Å². The summed E-state index contributed by atoms with van der Waals surface area (Å²) in [6, 6.07) is 0. The molecule has 2 rings (SSSR count). The van der Waals surface area contributed by atoms with E-state index in [1.807, 2.05) is 4.90 Å². The summed E-state index contributed by atoms with van der Waals surface area (Å²) in [5.74, 6) is -0.146. The number of amides is 1. The molecule has 18 heavy (non-hydrogen) atoms. The summed E-state index contributed by atoms with van der Waals surface area (Å²) in [4.78, 5) is 24.8. The molecule has 0 aromatic rings. The highest BCUT2D eigenvalue weighted by Gasteiger charge is 2.28. The number of carboxylic acid groups (broad SMARTS) is 1. The zero-order chi connectivity index (χ0) is 13.0. The second kappa shape index (κ2) is 6.21. The number of piperidine rings is 1. The Morgan fingerprint density at radius 2 is 1.61 bits per heavy atom. The lowest BCUT2D eigenvalue weighted by Crippen LogP contribution is -2.41. The highest BCUT2D eigenvalue weighted by molar-refractivity contribution is 5.77. The lowest BCUT2D eigenvalue weighted by Gasteiger charge is -2.32. The normalized spacial score (nSPS) is 23.0. The van der Waals surface area contributed by atoms with Crippen molar-refractivity contribution in [3.63, 3.8) is 0 Å². The van der Waals surface area contributed by atoms with Gasteiger partial charge in [0.2, 0.25) is 5.91 Å². The van der Waals surface area contributed by atoms with Crippen molar-refractivity contribution in [3.8, 4) is 0 Å². The van der Waals surface area contributed by atoms with Gasteiger partial charge in [0, 0.05) is 19.5 Å². The van der Waals surface area contributed by atoms with E-state index in [0.29, 0.717) is 38.3 Å². The van der Waals surface area contributed by atoms with Crippen LogP contribution < -0.4 is 0 Å². The summed E-state index contributed by atoms with van der Waals surface area (Å²) in [5.41, 5.74) is 0. The molecule has 0 atom stereocenters. The summed E-state index contributed by atoms with van der Waals surface area (Å²) in [7, 11) is 0. The predicted molar refractivity (Wildman–Crippen MR) is 68.1 cm³/mol. The van der Waals surface area contributed by atoms with Crippen molar-refractivity contribution in [2.75, 3.05) is 13.1 Å². The zero-order valence-electron chi connectivity index (χ0n) is 10.9. The molecule has 1 saturated heterocycles. The Labute approximate surface area is 108 Å². The molecule has 0 spiro atoms. The van der Waals surface area contributed by atoms with Crippen molar-refractivity contribution in [2.45, 2.75) is 51.4 Å². The molecule has 2 fully saturated rings. The van der Waals surface area contributed by atoms with Gasteiger partial charge in [-0.2, -0.15) is 0 Å². The molecule has 4 nitrogen and oxygen atoms in total. The first kappa shape index (κ1) is 13.4. The lowest BCUT2D eigenvalue weighted by molar-refractivity contribution is -0.146. The standard InChI is InChI=1S/C14H23NO3/c16-13(10-11-4-2-1-3-5-11)15-8-6-12(7-9-15)14(17)18/h11-12H,1-10H2,(H,17,18). The molecule has 1 saturated carbocycles. The molecular formula is C14H23NO3. The van der Waals surface area contributed by atoms with Crippen molar-refractivity contribution < 1.29 is 14.7 Å². The molecule has 0 unspecified atom stereocenters. The summed E-state index contributed by atoms with van der Waals surface area (Å²) in [6.45, 7) is 1.26. The van der Waals surface area contributed by atoms with Gasteiger partial charge in [-0.05, 0) is 31.6 Å². The largest absolute Gasteiger partial charge is 0.481 e. The van der Waals surface area contributed by atoms with E-state index in [9.17, 15) is 9.59 Å². The van der Waals surface area contributed by atoms with Gasteiger partial charge in [-0.15, -0.1) is 0 Å². The Balaban J connectivity index is 1.75. The fraction of sp³-hybridized carbons (Fsp3) is 0.857. The Morgan fingerprint density at radius 3 is 2.17 bits per heavy atom. The second-order valence-corrected chi connectivity index (χ2v) is 5.70. The van der Waals surface area contributed by atoms with E-state index >= 15 is 0 Å². The number of carbonyl (C=O) groups excluding carboxylic acids is 1. The first-order chi connectivity index (χ1) is 8.66. The molecule has 0 radical (unpaired) electrons. The minimum absolute atomic E-state index is 0.241. The Morgan fingerprint density at radius 1 is 1.00 bits per heavy atom. The van der Waals surface area contributed by atoms with Gasteiger partial charge in [-0.1, -0.05) is 19.3 Å². The van der Waals surface area contributed by atoms with Crippen LogP contribution in [0.25, 0.3) is 0 Å². The SMILES string of the molecule is O=C(O)C1CCN(C(=O)CC2CCCCC2)CC1. The van der Waals surface area contributed by atoms with Crippen LogP contribution in [0, 0.1) is 11.8 Å². The molecule has 1 N–H and O–H groups in total. The van der Waals surface area contributed by atoms with E-state index in [1.54, 1.807) is 0 Å². The first-order valence-corrected chi connectivity index (χ1v) is 7.17. The van der Waals surface area contributed by atoms with Crippen LogP contribution >= 0.6 is 0 Å². The van der Waals surface area contributed by atoms with E-state index in [2.05, 4.69) is 0 Å². The summed E-state index contributed by atoms with van der Waals surface area (Å²) >= 11 is 0. The van der Waals surface area contributed by atoms with E-state index in [0.717, 1.165) is 0 Å². The maximum Gasteiger partial charge on any atom is 0.306 e. The molecule has 0 bridgehead atoms. The van der Waals surface area contributed by atoms with E-state index in [4.69, 9.17) is 5.11 Å². The van der Waals surface area contributed by atoms with Gasteiger partial charge in [0.25, 0.3) is 0 Å². The molecule has 0 aromatic heterocycles. The quantitative estimate of drug-likeness (QED) is 0.839. The molecule has 0 aromatic carbocycles. The first-order valence-electron chi connectivity index (χ1n) is 7.17. The maximum absolute atomic E-state index is 12.1. The molecule has 2 aliphatic rings. The number of hydrogen-bond donors (Lipinski definition) is 1. The van der Waals surface area contributed by atoms with Gasteiger partial charge in [-0.25, -0.2) is 0 Å². The molecule has 4 heteroatoms. The Hall–Kier alpha value is -1.06. The number of nitrogens with zero attached hydrogens (tertiary/aromatic N) is 1. The number of likely N-dealkylation sites (tertiary alicyclic amines) is 1. The van der Waals surface area contributed by atoms with Gasteiger partial charge in [0.15, 0.2) is 0 Å². The van der Waals surface area contributed by atoms with Crippen molar-refractivity contribution in [1.82, 2.24) is 4.90 Å². The number of rotatable bonds is 3. The second-order valence-electron chi connectivity index (χ2n) is 5.70. The van der Waals surface area contributed by atoms with E-state index in [-0.39, 0.29) is 11.8 Å². The third-order valence-corrected chi connectivity index (χ3v) is 4.38. The maximum atomic E-state index is 12.1. The van der Waals surface area contributed by atoms with Crippen molar-refractivity contribution in [2.24, 2.45) is 11.8 Å². The van der Waals surface area contributed by atoms with E-state index < -0.39 is 5.97 Å². The van der Waals surface area contributed by atoms with Crippen LogP contribution in [0.4, 0.5) is 0 Å². The van der Waals surface area contributed by atoms with Gasteiger partial charge >= 0.3 is 5.97 Å². The van der Waals surface area contributed by atoms with Crippen molar-refractivity contribution in [3.05, 3.63) is 0 Å². The number of hydrogen-bond acceptors (Lipinski definition) is 2. The number of carbonyl (C=O) groups is 2. The third kappa shape index (κ3) is 3.47. The van der Waals surface area contributed by atoms with Crippen LogP contribution in [0.2, 0.25) is 0 Å². The highest BCUT2D eigenvalue weighted by atomic mass is 16.4. The van der Waals surface area contributed by atoms with Crippen LogP contribution in [0.1, 0.15) is 51.4 Å². The van der Waals surface area contributed by atoms with Crippen LogP contribution in [0.5, 0.6) is 0 Å². The summed E-state index contributed by atoms with van der Waals surface area (Å²) in [5, 5.41) is 8.92. The van der Waals surface area contributed by atoms with Gasteiger partial charge in [0.05, 0.1) is 5.92 Å². The summed E-state index contributed by atoms with van der Waals surface area (Å²) in [6.07, 6.45) is 8.14.